The van der Waals surface area contributed by atoms with Crippen molar-refractivity contribution in [1.29, 1.82) is 0 Å². The Hall–Kier alpha value is -0.830. The highest BCUT2D eigenvalue weighted by Gasteiger charge is 2.11. The predicted molar refractivity (Wildman–Crippen MR) is 80.5 cm³/mol. The summed E-state index contributed by atoms with van der Waals surface area (Å²) in [4.78, 5) is 1.42. The Morgan fingerprint density at radius 2 is 2.00 bits per heavy atom. The summed E-state index contributed by atoms with van der Waals surface area (Å²) in [5, 5.41) is 6.54. The minimum absolute atomic E-state index is 0.376. The third-order valence-electron chi connectivity index (χ3n) is 2.90. The molecule has 1 unspecified atom stereocenters. The first-order valence-corrected chi connectivity index (χ1v) is 7.56. The molecule has 0 bridgehead atoms. The fourth-order valence-corrected chi connectivity index (χ4v) is 2.83. The third kappa shape index (κ3) is 3.84. The van der Waals surface area contributed by atoms with Gasteiger partial charge in [0.05, 0.1) is 0 Å². The van der Waals surface area contributed by atoms with E-state index in [0.29, 0.717) is 6.04 Å². The number of thiophene rings is 1. The average Bonchev–Trinajstić information content (AvgIpc) is 2.88. The number of halogens is 1. The minimum Gasteiger partial charge on any atom is -0.310 e. The summed E-state index contributed by atoms with van der Waals surface area (Å²) >= 11 is 7.76. The standard InChI is InChI=1S/C15H18ClNS/c1-2-9-17-15(11-14-4-3-10-18-14)12-5-7-13(16)8-6-12/h3-8,10,15,17H,2,9,11H2,1H3. The van der Waals surface area contributed by atoms with E-state index < -0.39 is 0 Å². The maximum atomic E-state index is 5.95. The first-order chi connectivity index (χ1) is 8.79. The van der Waals surface area contributed by atoms with Gasteiger partial charge in [-0.1, -0.05) is 36.7 Å². The molecule has 1 aromatic carbocycles. The molecular weight excluding hydrogens is 262 g/mol. The van der Waals surface area contributed by atoms with Crippen LogP contribution in [-0.4, -0.2) is 6.54 Å². The molecule has 0 saturated carbocycles. The third-order valence-corrected chi connectivity index (χ3v) is 4.05. The predicted octanol–water partition coefficient (Wildman–Crippen LogP) is 4.68. The molecule has 0 radical (unpaired) electrons. The van der Waals surface area contributed by atoms with Crippen molar-refractivity contribution >= 4 is 22.9 Å². The van der Waals surface area contributed by atoms with Gasteiger partial charge in [0.15, 0.2) is 0 Å². The van der Waals surface area contributed by atoms with Crippen LogP contribution in [0.25, 0.3) is 0 Å². The molecule has 1 nitrogen and oxygen atoms in total. The van der Waals surface area contributed by atoms with Gasteiger partial charge in [0, 0.05) is 22.4 Å². The van der Waals surface area contributed by atoms with Crippen LogP contribution in [0.15, 0.2) is 41.8 Å². The van der Waals surface area contributed by atoms with Gasteiger partial charge in [0.1, 0.15) is 0 Å². The normalized spacial score (nSPS) is 12.6. The zero-order valence-corrected chi connectivity index (χ0v) is 12.1. The summed E-state index contributed by atoms with van der Waals surface area (Å²) in [7, 11) is 0. The van der Waals surface area contributed by atoms with Gasteiger partial charge >= 0.3 is 0 Å². The van der Waals surface area contributed by atoms with Crippen molar-refractivity contribution in [2.45, 2.75) is 25.8 Å². The van der Waals surface area contributed by atoms with Crippen LogP contribution in [0, 0.1) is 0 Å². The van der Waals surface area contributed by atoms with Crippen molar-refractivity contribution in [2.75, 3.05) is 6.54 Å². The number of benzene rings is 1. The van der Waals surface area contributed by atoms with Gasteiger partial charge in [-0.2, -0.15) is 0 Å². The summed E-state index contributed by atoms with van der Waals surface area (Å²) < 4.78 is 0. The first kappa shape index (κ1) is 13.6. The van der Waals surface area contributed by atoms with Gasteiger partial charge in [-0.15, -0.1) is 11.3 Å². The Morgan fingerprint density at radius 3 is 2.61 bits per heavy atom. The SMILES string of the molecule is CCCNC(Cc1cccs1)c1ccc(Cl)cc1. The van der Waals surface area contributed by atoms with Crippen molar-refractivity contribution in [3.8, 4) is 0 Å². The van der Waals surface area contributed by atoms with Crippen molar-refractivity contribution < 1.29 is 0 Å². The summed E-state index contributed by atoms with van der Waals surface area (Å²) in [5.74, 6) is 0. The number of hydrogen-bond acceptors (Lipinski definition) is 2. The number of nitrogens with one attached hydrogen (secondary N) is 1. The van der Waals surface area contributed by atoms with E-state index >= 15 is 0 Å². The van der Waals surface area contributed by atoms with Crippen LogP contribution in [0.1, 0.15) is 29.8 Å². The van der Waals surface area contributed by atoms with Crippen LogP contribution in [0.4, 0.5) is 0 Å². The van der Waals surface area contributed by atoms with E-state index in [4.69, 9.17) is 11.6 Å². The summed E-state index contributed by atoms with van der Waals surface area (Å²) in [5.41, 5.74) is 1.31. The van der Waals surface area contributed by atoms with Crippen molar-refractivity contribution in [2.24, 2.45) is 0 Å². The summed E-state index contributed by atoms with van der Waals surface area (Å²) in [6.45, 7) is 3.23. The van der Waals surface area contributed by atoms with E-state index in [1.807, 2.05) is 23.5 Å². The van der Waals surface area contributed by atoms with Crippen LogP contribution in [0.2, 0.25) is 5.02 Å². The molecular formula is C15H18ClNS. The van der Waals surface area contributed by atoms with Gasteiger partial charge in [0.2, 0.25) is 0 Å². The van der Waals surface area contributed by atoms with Gasteiger partial charge < -0.3 is 5.32 Å². The highest BCUT2D eigenvalue weighted by molar-refractivity contribution is 7.09. The molecule has 1 N–H and O–H groups in total. The minimum atomic E-state index is 0.376. The topological polar surface area (TPSA) is 12.0 Å². The Morgan fingerprint density at radius 1 is 1.22 bits per heavy atom. The maximum Gasteiger partial charge on any atom is 0.0406 e. The lowest BCUT2D eigenvalue weighted by Gasteiger charge is -2.18. The number of rotatable bonds is 6. The lowest BCUT2D eigenvalue weighted by Crippen LogP contribution is -2.23. The molecule has 0 aliphatic carbocycles. The molecule has 0 aliphatic heterocycles. The molecule has 0 spiro atoms. The van der Waals surface area contributed by atoms with Crippen LogP contribution in [0.5, 0.6) is 0 Å². The van der Waals surface area contributed by atoms with Crippen molar-refractivity contribution in [3.05, 3.63) is 57.2 Å². The Balaban J connectivity index is 2.11. The molecule has 0 saturated heterocycles. The fourth-order valence-electron chi connectivity index (χ4n) is 1.95. The molecule has 2 rings (SSSR count). The summed E-state index contributed by atoms with van der Waals surface area (Å²) in [6, 6.07) is 12.8. The zero-order chi connectivity index (χ0) is 12.8. The van der Waals surface area contributed by atoms with Gasteiger partial charge in [0.25, 0.3) is 0 Å². The van der Waals surface area contributed by atoms with E-state index in [1.165, 1.54) is 10.4 Å². The first-order valence-electron chi connectivity index (χ1n) is 6.31. The molecule has 96 valence electrons. The fraction of sp³-hybridized carbons (Fsp3) is 0.333. The maximum absolute atomic E-state index is 5.95. The van der Waals surface area contributed by atoms with Crippen molar-refractivity contribution in [3.63, 3.8) is 0 Å². The smallest absolute Gasteiger partial charge is 0.0406 e. The second kappa shape index (κ2) is 6.93. The van der Waals surface area contributed by atoms with E-state index in [9.17, 15) is 0 Å². The van der Waals surface area contributed by atoms with Gasteiger partial charge in [-0.3, -0.25) is 0 Å². The molecule has 3 heteroatoms. The Bertz CT molecular complexity index is 450. The highest BCUT2D eigenvalue weighted by Crippen LogP contribution is 2.22. The number of hydrogen-bond donors (Lipinski definition) is 1. The van der Waals surface area contributed by atoms with Crippen LogP contribution in [0.3, 0.4) is 0 Å². The molecule has 2 aromatic rings. The average molecular weight is 280 g/mol. The molecule has 0 fully saturated rings. The lowest BCUT2D eigenvalue weighted by molar-refractivity contribution is 0.532. The van der Waals surface area contributed by atoms with Gasteiger partial charge in [-0.25, -0.2) is 0 Å². The quantitative estimate of drug-likeness (QED) is 0.809. The highest BCUT2D eigenvalue weighted by atomic mass is 35.5. The van der Waals surface area contributed by atoms with Crippen LogP contribution < -0.4 is 5.32 Å². The van der Waals surface area contributed by atoms with Crippen molar-refractivity contribution in [1.82, 2.24) is 5.32 Å². The van der Waals surface area contributed by atoms with E-state index in [2.05, 4.69) is 41.9 Å². The largest absolute Gasteiger partial charge is 0.310 e. The summed E-state index contributed by atoms with van der Waals surface area (Å²) in [6.07, 6.45) is 2.19. The van der Waals surface area contributed by atoms with Crippen LogP contribution >= 0.6 is 22.9 Å². The van der Waals surface area contributed by atoms with Crippen LogP contribution in [-0.2, 0) is 6.42 Å². The van der Waals surface area contributed by atoms with E-state index in [-0.39, 0.29) is 0 Å². The molecule has 0 aliphatic rings. The molecule has 1 heterocycles. The second-order valence-electron chi connectivity index (χ2n) is 4.34. The van der Waals surface area contributed by atoms with E-state index in [1.54, 1.807) is 0 Å². The molecule has 1 atom stereocenters. The lowest BCUT2D eigenvalue weighted by atomic mass is 10.0. The van der Waals surface area contributed by atoms with E-state index in [0.717, 1.165) is 24.4 Å². The second-order valence-corrected chi connectivity index (χ2v) is 5.81. The Kier molecular flexibility index (Phi) is 5.24. The zero-order valence-electron chi connectivity index (χ0n) is 10.5. The molecule has 0 amide bonds. The molecule has 1 aromatic heterocycles. The Labute approximate surface area is 118 Å². The monoisotopic (exact) mass is 279 g/mol. The molecule has 18 heavy (non-hydrogen) atoms. The van der Waals surface area contributed by atoms with Gasteiger partial charge in [-0.05, 0) is 42.1 Å².